The van der Waals surface area contributed by atoms with Crippen LogP contribution < -0.4 is 5.32 Å². The van der Waals surface area contributed by atoms with E-state index in [0.29, 0.717) is 0 Å². The van der Waals surface area contributed by atoms with Gasteiger partial charge in [0.2, 0.25) is 0 Å². The number of aliphatic hydroxyl groups excluding tert-OH is 1. The lowest BCUT2D eigenvalue weighted by Gasteiger charge is -2.16. The number of rotatable bonds is 5. The van der Waals surface area contributed by atoms with Gasteiger partial charge < -0.3 is 15.2 Å². The van der Waals surface area contributed by atoms with E-state index < -0.39 is 25.4 Å². The van der Waals surface area contributed by atoms with Crippen LogP contribution in [0.15, 0.2) is 48.5 Å². The van der Waals surface area contributed by atoms with E-state index in [1.54, 1.807) is 0 Å². The molecule has 4 nitrogen and oxygen atoms in total. The predicted molar refractivity (Wildman–Crippen MR) is 85.1 cm³/mol. The second-order valence-electron chi connectivity index (χ2n) is 5.50. The Bertz CT molecular complexity index is 655. The van der Waals surface area contributed by atoms with Crippen molar-refractivity contribution in [2.75, 3.05) is 19.9 Å². The molecule has 1 aliphatic carbocycles. The maximum absolute atomic E-state index is 12.5. The Morgan fingerprint density at radius 1 is 1.13 bits per heavy atom. The normalized spacial score (nSPS) is 14.0. The Labute approximate surface area is 133 Å². The average Bonchev–Trinajstić information content (AvgIpc) is 2.92. The third kappa shape index (κ3) is 3.05. The molecule has 0 radical (unpaired) electrons. The fourth-order valence-corrected chi connectivity index (χ4v) is 2.94. The molecule has 0 fully saturated rings. The fraction of sp³-hybridized carbons (Fsp3) is 0.278. The molecule has 3 rings (SSSR count). The summed E-state index contributed by atoms with van der Waals surface area (Å²) < 4.78 is 17.8. The smallest absolute Gasteiger partial charge is 0.407 e. The summed E-state index contributed by atoms with van der Waals surface area (Å²) in [7, 11) is 0. The lowest BCUT2D eigenvalue weighted by molar-refractivity contribution is 0.128. The van der Waals surface area contributed by atoms with Crippen LogP contribution in [-0.4, -0.2) is 37.1 Å². The Kier molecular flexibility index (Phi) is 4.57. The van der Waals surface area contributed by atoms with Crippen molar-refractivity contribution >= 4 is 6.09 Å². The number of carbonyl (C=O) groups is 1. The first-order valence-electron chi connectivity index (χ1n) is 7.53. The molecule has 1 aliphatic rings. The van der Waals surface area contributed by atoms with Gasteiger partial charge in [0.25, 0.3) is 0 Å². The van der Waals surface area contributed by atoms with Gasteiger partial charge in [0.05, 0.1) is 12.6 Å². The number of hydrogen-bond acceptors (Lipinski definition) is 3. The lowest BCUT2D eigenvalue weighted by atomic mass is 9.98. The zero-order chi connectivity index (χ0) is 16.2. The molecule has 2 aromatic rings. The van der Waals surface area contributed by atoms with Gasteiger partial charge in [-0.2, -0.15) is 0 Å². The number of hydrogen-bond donors (Lipinski definition) is 2. The van der Waals surface area contributed by atoms with Crippen LogP contribution in [-0.2, 0) is 4.74 Å². The van der Waals surface area contributed by atoms with Crippen LogP contribution in [0.25, 0.3) is 11.1 Å². The molecule has 0 bridgehead atoms. The highest BCUT2D eigenvalue weighted by Crippen LogP contribution is 2.44. The molecule has 0 aliphatic heterocycles. The minimum absolute atomic E-state index is 0.0360. The number of ether oxygens (including phenoxy) is 1. The molecule has 120 valence electrons. The molecule has 0 saturated carbocycles. The quantitative estimate of drug-likeness (QED) is 0.892. The summed E-state index contributed by atoms with van der Waals surface area (Å²) >= 11 is 0. The van der Waals surface area contributed by atoms with Gasteiger partial charge in [-0.3, -0.25) is 0 Å². The Balaban J connectivity index is 1.75. The zero-order valence-corrected chi connectivity index (χ0v) is 12.5. The molecule has 2 N–H and O–H groups in total. The largest absolute Gasteiger partial charge is 0.449 e. The van der Waals surface area contributed by atoms with E-state index in [0.717, 1.165) is 22.3 Å². The SMILES string of the molecule is O=C(N[C@H](CO)CF)OCC1c2ccccc2-c2ccccc21. The average molecular weight is 315 g/mol. The summed E-state index contributed by atoms with van der Waals surface area (Å²) in [6.45, 7) is -1.12. The second-order valence-corrected chi connectivity index (χ2v) is 5.50. The molecular weight excluding hydrogens is 297 g/mol. The van der Waals surface area contributed by atoms with Crippen molar-refractivity contribution in [1.82, 2.24) is 5.32 Å². The summed E-state index contributed by atoms with van der Waals surface area (Å²) in [5.41, 5.74) is 4.53. The van der Waals surface area contributed by atoms with Crippen LogP contribution in [0.2, 0.25) is 0 Å². The van der Waals surface area contributed by atoms with Crippen molar-refractivity contribution < 1.29 is 19.0 Å². The summed E-state index contributed by atoms with van der Waals surface area (Å²) in [4.78, 5) is 11.7. The molecule has 5 heteroatoms. The van der Waals surface area contributed by atoms with Crippen molar-refractivity contribution in [3.63, 3.8) is 0 Å². The molecule has 1 atom stereocenters. The Morgan fingerprint density at radius 2 is 1.70 bits per heavy atom. The van der Waals surface area contributed by atoms with Crippen molar-refractivity contribution in [1.29, 1.82) is 0 Å². The van der Waals surface area contributed by atoms with E-state index in [1.165, 1.54) is 0 Å². The molecule has 2 aromatic carbocycles. The predicted octanol–water partition coefficient (Wildman–Crippen LogP) is 2.86. The number of aliphatic hydroxyl groups is 1. The molecule has 23 heavy (non-hydrogen) atoms. The van der Waals surface area contributed by atoms with Gasteiger partial charge in [-0.25, -0.2) is 9.18 Å². The second kappa shape index (κ2) is 6.79. The maximum atomic E-state index is 12.5. The van der Waals surface area contributed by atoms with Crippen molar-refractivity contribution in [3.8, 4) is 11.1 Å². The topological polar surface area (TPSA) is 58.6 Å². The van der Waals surface area contributed by atoms with Gasteiger partial charge in [-0.05, 0) is 22.3 Å². The number of nitrogens with one attached hydrogen (secondary N) is 1. The van der Waals surface area contributed by atoms with Crippen LogP contribution in [0, 0.1) is 0 Å². The number of fused-ring (bicyclic) bond motifs is 3. The van der Waals surface area contributed by atoms with Crippen molar-refractivity contribution in [2.24, 2.45) is 0 Å². The summed E-state index contributed by atoms with van der Waals surface area (Å²) in [6.07, 6.45) is -0.719. The number of amides is 1. The van der Waals surface area contributed by atoms with Crippen molar-refractivity contribution in [2.45, 2.75) is 12.0 Å². The minimum atomic E-state index is -0.925. The first-order chi connectivity index (χ1) is 11.2. The molecule has 0 spiro atoms. The summed E-state index contributed by atoms with van der Waals surface area (Å²) in [5.74, 6) is -0.0360. The maximum Gasteiger partial charge on any atom is 0.407 e. The highest BCUT2D eigenvalue weighted by molar-refractivity contribution is 5.79. The van der Waals surface area contributed by atoms with Crippen LogP contribution in [0.3, 0.4) is 0 Å². The van der Waals surface area contributed by atoms with Gasteiger partial charge in [-0.15, -0.1) is 0 Å². The van der Waals surface area contributed by atoms with Gasteiger partial charge in [-0.1, -0.05) is 48.5 Å². The van der Waals surface area contributed by atoms with Crippen LogP contribution in [0.4, 0.5) is 9.18 Å². The first kappa shape index (κ1) is 15.5. The fourth-order valence-electron chi connectivity index (χ4n) is 2.94. The zero-order valence-electron chi connectivity index (χ0n) is 12.5. The van der Waals surface area contributed by atoms with Gasteiger partial charge >= 0.3 is 6.09 Å². The third-order valence-electron chi connectivity index (χ3n) is 4.07. The molecule has 0 aromatic heterocycles. The molecule has 0 unspecified atom stereocenters. The standard InChI is InChI=1S/C18H18FNO3/c19-9-12(10-21)20-18(22)23-11-17-15-7-3-1-5-13(15)14-6-2-4-8-16(14)17/h1-8,12,17,21H,9-11H2,(H,20,22)/t12-/m0/s1. The number of alkyl carbamates (subject to hydrolysis) is 1. The Morgan fingerprint density at radius 3 is 2.22 bits per heavy atom. The molecule has 0 saturated heterocycles. The van der Waals surface area contributed by atoms with E-state index in [1.807, 2.05) is 36.4 Å². The highest BCUT2D eigenvalue weighted by Gasteiger charge is 2.29. The lowest BCUT2D eigenvalue weighted by Crippen LogP contribution is -2.39. The third-order valence-corrected chi connectivity index (χ3v) is 4.07. The molecule has 1 amide bonds. The van der Waals surface area contributed by atoms with Crippen molar-refractivity contribution in [3.05, 3.63) is 59.7 Å². The van der Waals surface area contributed by atoms with Crippen LogP contribution >= 0.6 is 0 Å². The minimum Gasteiger partial charge on any atom is -0.449 e. The first-order valence-corrected chi connectivity index (χ1v) is 7.53. The van der Waals surface area contributed by atoms with E-state index in [2.05, 4.69) is 17.4 Å². The van der Waals surface area contributed by atoms with E-state index in [9.17, 15) is 9.18 Å². The van der Waals surface area contributed by atoms with Crippen LogP contribution in [0.1, 0.15) is 17.0 Å². The highest BCUT2D eigenvalue weighted by atomic mass is 19.1. The van der Waals surface area contributed by atoms with Gasteiger partial charge in [0.1, 0.15) is 13.3 Å². The number of carbonyl (C=O) groups excluding carboxylic acids is 1. The Hall–Kier alpha value is -2.40. The monoisotopic (exact) mass is 315 g/mol. The molecule has 0 heterocycles. The van der Waals surface area contributed by atoms with E-state index in [-0.39, 0.29) is 12.5 Å². The van der Waals surface area contributed by atoms with Crippen LogP contribution in [0.5, 0.6) is 0 Å². The summed E-state index contributed by atoms with van der Waals surface area (Å²) in [5, 5.41) is 11.2. The number of alkyl halides is 1. The summed E-state index contributed by atoms with van der Waals surface area (Å²) in [6, 6.07) is 15.1. The van der Waals surface area contributed by atoms with Gasteiger partial charge in [0.15, 0.2) is 0 Å². The van der Waals surface area contributed by atoms with E-state index >= 15 is 0 Å². The number of benzene rings is 2. The molecular formula is C18H18FNO3. The van der Waals surface area contributed by atoms with E-state index in [4.69, 9.17) is 9.84 Å². The number of halogens is 1. The van der Waals surface area contributed by atoms with Gasteiger partial charge in [0, 0.05) is 5.92 Å².